The van der Waals surface area contributed by atoms with Gasteiger partial charge in [0.15, 0.2) is 0 Å². The van der Waals surface area contributed by atoms with Crippen LogP contribution in [0.15, 0.2) is 24.3 Å². The van der Waals surface area contributed by atoms with E-state index in [9.17, 15) is 9.59 Å². The predicted octanol–water partition coefficient (Wildman–Crippen LogP) is 2.42. The number of piperidine rings is 1. The molecule has 1 aliphatic rings. The third-order valence-electron chi connectivity index (χ3n) is 4.84. The van der Waals surface area contributed by atoms with Gasteiger partial charge in [-0.1, -0.05) is 32.9 Å². The summed E-state index contributed by atoms with van der Waals surface area (Å²) in [6.45, 7) is 8.57. The van der Waals surface area contributed by atoms with Crippen LogP contribution >= 0.6 is 0 Å². The molecule has 0 aliphatic carbocycles. The van der Waals surface area contributed by atoms with Crippen molar-refractivity contribution >= 4 is 17.5 Å². The molecule has 2 rings (SSSR count). The Morgan fingerprint density at radius 1 is 1.19 bits per heavy atom. The number of rotatable bonds is 6. The lowest BCUT2D eigenvalue weighted by atomic mass is 9.79. The zero-order chi connectivity index (χ0) is 19.2. The van der Waals surface area contributed by atoms with Gasteiger partial charge in [-0.2, -0.15) is 0 Å². The predicted molar refractivity (Wildman–Crippen MR) is 103 cm³/mol. The number of benzene rings is 1. The molecule has 0 aromatic heterocycles. The van der Waals surface area contributed by atoms with Crippen molar-refractivity contribution in [2.75, 3.05) is 38.7 Å². The van der Waals surface area contributed by atoms with Crippen LogP contribution in [0.4, 0.5) is 5.69 Å². The number of para-hydroxylation sites is 1. The van der Waals surface area contributed by atoms with Gasteiger partial charge in [-0.05, 0) is 38.1 Å². The van der Waals surface area contributed by atoms with Gasteiger partial charge in [0.05, 0.1) is 17.9 Å². The molecular weight excluding hydrogens is 330 g/mol. The molecule has 144 valence electrons. The SMILES string of the molecule is COCC1(CNC(=O)c2ccccc2NC(=O)C(C)(C)C)CCNCC1. The van der Waals surface area contributed by atoms with Crippen LogP contribution in [0.3, 0.4) is 0 Å². The van der Waals surface area contributed by atoms with Crippen molar-refractivity contribution in [2.24, 2.45) is 10.8 Å². The maximum Gasteiger partial charge on any atom is 0.253 e. The first-order valence-corrected chi connectivity index (χ1v) is 9.16. The van der Waals surface area contributed by atoms with Crippen LogP contribution in [0.25, 0.3) is 0 Å². The van der Waals surface area contributed by atoms with Gasteiger partial charge in [0, 0.05) is 24.5 Å². The minimum atomic E-state index is -0.527. The van der Waals surface area contributed by atoms with Gasteiger partial charge >= 0.3 is 0 Å². The second kappa shape index (κ2) is 8.64. The van der Waals surface area contributed by atoms with Gasteiger partial charge < -0.3 is 20.7 Å². The minimum absolute atomic E-state index is 0.0424. The number of amides is 2. The van der Waals surface area contributed by atoms with Gasteiger partial charge in [0.1, 0.15) is 0 Å². The Hall–Kier alpha value is -1.92. The second-order valence-corrected chi connectivity index (χ2v) is 8.12. The first-order valence-electron chi connectivity index (χ1n) is 9.16. The monoisotopic (exact) mass is 361 g/mol. The van der Waals surface area contributed by atoms with E-state index >= 15 is 0 Å². The number of hydrogen-bond acceptors (Lipinski definition) is 4. The molecule has 0 bridgehead atoms. The highest BCUT2D eigenvalue weighted by Gasteiger charge is 2.33. The Labute approximate surface area is 156 Å². The summed E-state index contributed by atoms with van der Waals surface area (Å²) >= 11 is 0. The Balaban J connectivity index is 2.08. The molecule has 1 saturated heterocycles. The molecule has 2 amide bonds. The average molecular weight is 361 g/mol. The molecule has 1 aromatic carbocycles. The van der Waals surface area contributed by atoms with E-state index in [1.165, 1.54) is 0 Å². The average Bonchev–Trinajstić information content (AvgIpc) is 2.60. The molecule has 6 heteroatoms. The van der Waals surface area contributed by atoms with Crippen molar-refractivity contribution < 1.29 is 14.3 Å². The number of carbonyl (C=O) groups is 2. The van der Waals surface area contributed by atoms with E-state index in [0.717, 1.165) is 25.9 Å². The Morgan fingerprint density at radius 2 is 1.85 bits per heavy atom. The maximum absolute atomic E-state index is 12.8. The highest BCUT2D eigenvalue weighted by molar-refractivity contribution is 6.04. The molecule has 1 fully saturated rings. The van der Waals surface area contributed by atoms with E-state index in [4.69, 9.17) is 4.74 Å². The lowest BCUT2D eigenvalue weighted by Gasteiger charge is -2.37. The highest BCUT2D eigenvalue weighted by Crippen LogP contribution is 2.28. The fourth-order valence-electron chi connectivity index (χ4n) is 3.10. The van der Waals surface area contributed by atoms with E-state index < -0.39 is 5.41 Å². The molecule has 3 N–H and O–H groups in total. The number of nitrogens with one attached hydrogen (secondary N) is 3. The number of hydrogen-bond donors (Lipinski definition) is 3. The van der Waals surface area contributed by atoms with Crippen LogP contribution in [0.1, 0.15) is 44.0 Å². The molecule has 0 unspecified atom stereocenters. The Morgan fingerprint density at radius 3 is 2.46 bits per heavy atom. The van der Waals surface area contributed by atoms with Gasteiger partial charge in [0.2, 0.25) is 5.91 Å². The van der Waals surface area contributed by atoms with E-state index in [-0.39, 0.29) is 17.2 Å². The van der Waals surface area contributed by atoms with Crippen LogP contribution in [0, 0.1) is 10.8 Å². The summed E-state index contributed by atoms with van der Waals surface area (Å²) in [5.74, 6) is -0.296. The summed E-state index contributed by atoms with van der Waals surface area (Å²) < 4.78 is 5.40. The number of methoxy groups -OCH3 is 1. The molecule has 1 aliphatic heterocycles. The smallest absolute Gasteiger partial charge is 0.253 e. The molecule has 1 aromatic rings. The van der Waals surface area contributed by atoms with Crippen molar-refractivity contribution in [3.8, 4) is 0 Å². The Bertz CT molecular complexity index is 626. The molecule has 26 heavy (non-hydrogen) atoms. The lowest BCUT2D eigenvalue weighted by Crippen LogP contribution is -2.47. The summed E-state index contributed by atoms with van der Waals surface area (Å²) in [5, 5.41) is 9.26. The van der Waals surface area contributed by atoms with E-state index in [1.54, 1.807) is 25.3 Å². The largest absolute Gasteiger partial charge is 0.384 e. The van der Waals surface area contributed by atoms with Crippen LogP contribution in [-0.4, -0.2) is 45.2 Å². The van der Waals surface area contributed by atoms with E-state index in [1.807, 2.05) is 26.8 Å². The van der Waals surface area contributed by atoms with Crippen molar-refractivity contribution in [1.29, 1.82) is 0 Å². The summed E-state index contributed by atoms with van der Waals surface area (Å²) in [7, 11) is 1.70. The number of ether oxygens (including phenoxy) is 1. The van der Waals surface area contributed by atoms with E-state index in [0.29, 0.717) is 24.4 Å². The first kappa shape index (κ1) is 20.4. The zero-order valence-corrected chi connectivity index (χ0v) is 16.3. The normalized spacial score (nSPS) is 16.8. The molecule has 0 spiro atoms. The fraction of sp³-hybridized carbons (Fsp3) is 0.600. The molecule has 0 saturated carbocycles. The summed E-state index contributed by atoms with van der Waals surface area (Å²) in [4.78, 5) is 25.1. The van der Waals surface area contributed by atoms with Crippen molar-refractivity contribution in [2.45, 2.75) is 33.6 Å². The van der Waals surface area contributed by atoms with Crippen LogP contribution in [0.5, 0.6) is 0 Å². The number of carbonyl (C=O) groups excluding carboxylic acids is 2. The summed E-state index contributed by atoms with van der Waals surface area (Å²) in [6, 6.07) is 7.11. The van der Waals surface area contributed by atoms with Gasteiger partial charge in [-0.15, -0.1) is 0 Å². The first-order chi connectivity index (χ1) is 12.3. The van der Waals surface area contributed by atoms with Crippen LogP contribution in [-0.2, 0) is 9.53 Å². The Kier molecular flexibility index (Phi) is 6.78. The van der Waals surface area contributed by atoms with E-state index in [2.05, 4.69) is 16.0 Å². The van der Waals surface area contributed by atoms with Crippen molar-refractivity contribution in [1.82, 2.24) is 10.6 Å². The molecule has 6 nitrogen and oxygen atoms in total. The topological polar surface area (TPSA) is 79.5 Å². The van der Waals surface area contributed by atoms with Crippen LogP contribution in [0.2, 0.25) is 0 Å². The molecule has 1 heterocycles. The molecular formula is C20H31N3O3. The third-order valence-corrected chi connectivity index (χ3v) is 4.84. The van der Waals surface area contributed by atoms with Crippen molar-refractivity contribution in [3.05, 3.63) is 29.8 Å². The molecule has 0 atom stereocenters. The van der Waals surface area contributed by atoms with Gasteiger partial charge in [0.25, 0.3) is 5.91 Å². The third kappa shape index (κ3) is 5.29. The van der Waals surface area contributed by atoms with Crippen molar-refractivity contribution in [3.63, 3.8) is 0 Å². The summed E-state index contributed by atoms with van der Waals surface area (Å²) in [6.07, 6.45) is 1.92. The van der Waals surface area contributed by atoms with Crippen LogP contribution < -0.4 is 16.0 Å². The van der Waals surface area contributed by atoms with Gasteiger partial charge in [-0.3, -0.25) is 9.59 Å². The maximum atomic E-state index is 12.8. The molecule has 0 radical (unpaired) electrons. The highest BCUT2D eigenvalue weighted by atomic mass is 16.5. The zero-order valence-electron chi connectivity index (χ0n) is 16.3. The quantitative estimate of drug-likeness (QED) is 0.727. The van der Waals surface area contributed by atoms with Gasteiger partial charge in [-0.25, -0.2) is 0 Å². The second-order valence-electron chi connectivity index (χ2n) is 8.12. The standard InChI is InChI=1S/C20H31N3O3/c1-19(2,3)18(25)23-16-8-6-5-7-15(16)17(24)22-13-20(14-26-4)9-11-21-12-10-20/h5-8,21H,9-14H2,1-4H3,(H,22,24)(H,23,25). The lowest BCUT2D eigenvalue weighted by molar-refractivity contribution is -0.123. The minimum Gasteiger partial charge on any atom is -0.384 e. The number of anilines is 1. The summed E-state index contributed by atoms with van der Waals surface area (Å²) in [5.41, 5.74) is 0.447. The fourth-order valence-corrected chi connectivity index (χ4v) is 3.10.